The minimum atomic E-state index is -0.477. The number of hydrogen-bond donors (Lipinski definition) is 0. The molecular formula is C19H37ClN3O2+. The summed E-state index contributed by atoms with van der Waals surface area (Å²) in [5, 5.41) is 0.646. The zero-order valence-electron chi connectivity index (χ0n) is 17.3. The summed E-state index contributed by atoms with van der Waals surface area (Å²) in [5.74, 6) is 0. The molecular weight excluding hydrogens is 338 g/mol. The molecule has 0 aromatic heterocycles. The first-order valence-electron chi connectivity index (χ1n) is 9.41. The molecule has 0 aromatic rings. The van der Waals surface area contributed by atoms with Gasteiger partial charge in [0, 0.05) is 6.42 Å². The molecule has 1 rings (SSSR count). The third-order valence-corrected chi connectivity index (χ3v) is 5.48. The van der Waals surface area contributed by atoms with Gasteiger partial charge in [-0.3, -0.25) is 9.89 Å². The molecule has 0 bridgehead atoms. The number of ether oxygens (including phenoxy) is 1. The van der Waals surface area contributed by atoms with Gasteiger partial charge in [-0.25, -0.2) is 4.48 Å². The Morgan fingerprint density at radius 3 is 2.40 bits per heavy atom. The molecule has 1 fully saturated rings. The lowest BCUT2D eigenvalue weighted by molar-refractivity contribution is -0.849. The minimum Gasteiger partial charge on any atom is -0.414 e. The number of amides is 1. The second-order valence-corrected chi connectivity index (χ2v) is 9.03. The predicted octanol–water partition coefficient (Wildman–Crippen LogP) is 4.63. The van der Waals surface area contributed by atoms with Gasteiger partial charge < -0.3 is 4.74 Å². The van der Waals surface area contributed by atoms with E-state index < -0.39 is 5.60 Å². The largest absolute Gasteiger partial charge is 0.516 e. The van der Waals surface area contributed by atoms with Crippen molar-refractivity contribution < 1.29 is 14.0 Å². The lowest BCUT2D eigenvalue weighted by Crippen LogP contribution is -2.63. The first-order chi connectivity index (χ1) is 11.4. The molecule has 6 heteroatoms. The van der Waals surface area contributed by atoms with E-state index in [1.165, 1.54) is 6.42 Å². The van der Waals surface area contributed by atoms with Crippen LogP contribution in [-0.2, 0) is 4.74 Å². The number of hydrogen-bond acceptors (Lipinski definition) is 4. The van der Waals surface area contributed by atoms with E-state index in [1.54, 1.807) is 0 Å². The van der Waals surface area contributed by atoms with Crippen LogP contribution < -0.4 is 0 Å². The molecule has 0 N–H and O–H groups in total. The second-order valence-electron chi connectivity index (χ2n) is 8.60. The Balaban J connectivity index is 3.00. The molecule has 0 saturated heterocycles. The maximum Gasteiger partial charge on any atom is 0.516 e. The van der Waals surface area contributed by atoms with Gasteiger partial charge in [0.2, 0.25) is 0 Å². The van der Waals surface area contributed by atoms with Crippen molar-refractivity contribution in [3.8, 4) is 0 Å². The number of nitrogens with zero attached hydrogens (tertiary/aromatic N) is 3. The van der Waals surface area contributed by atoms with Gasteiger partial charge in [0.15, 0.2) is 0 Å². The molecule has 0 aromatic carbocycles. The van der Waals surface area contributed by atoms with Crippen molar-refractivity contribution in [3.05, 3.63) is 0 Å². The normalized spacial score (nSPS) is 24.3. The molecule has 0 aliphatic heterocycles. The van der Waals surface area contributed by atoms with E-state index in [2.05, 4.69) is 23.9 Å². The van der Waals surface area contributed by atoms with Crippen molar-refractivity contribution in [2.45, 2.75) is 90.6 Å². The smallest absolute Gasteiger partial charge is 0.414 e. The van der Waals surface area contributed by atoms with Crippen LogP contribution in [0.2, 0.25) is 0 Å². The zero-order valence-corrected chi connectivity index (χ0v) is 18.1. The Labute approximate surface area is 159 Å². The van der Waals surface area contributed by atoms with Crippen molar-refractivity contribution in [2.24, 2.45) is 4.99 Å². The minimum absolute atomic E-state index is 0.00307. The van der Waals surface area contributed by atoms with E-state index >= 15 is 0 Å². The van der Waals surface area contributed by atoms with Gasteiger partial charge in [0.25, 0.3) is 0 Å². The summed E-state index contributed by atoms with van der Waals surface area (Å²) in [6, 6.07) is 0.461. The number of carbonyl (C=O) groups excluding carboxylic acids is 1. The molecule has 146 valence electrons. The van der Waals surface area contributed by atoms with Crippen molar-refractivity contribution in [2.75, 3.05) is 21.1 Å². The standard InChI is InChI=1S/C19H37ClN3O2/c1-9-17(20)21-14(2)22(6)15-12-10-11-13-16(15)23(7,8)18(24)25-19(3,4)5/h14-16H,9-13H2,1-8H3/q+1. The topological polar surface area (TPSA) is 41.9 Å². The second kappa shape index (κ2) is 8.83. The van der Waals surface area contributed by atoms with Crippen LogP contribution in [0.15, 0.2) is 4.99 Å². The molecule has 1 aliphatic carbocycles. The van der Waals surface area contributed by atoms with Crippen molar-refractivity contribution in [1.29, 1.82) is 0 Å². The Kier molecular flexibility index (Phi) is 7.91. The van der Waals surface area contributed by atoms with E-state index in [-0.39, 0.29) is 28.8 Å². The molecule has 0 heterocycles. The molecule has 1 aliphatic rings. The molecule has 3 atom stereocenters. The van der Waals surface area contributed by atoms with Gasteiger partial charge in [0.05, 0.1) is 20.1 Å². The van der Waals surface area contributed by atoms with E-state index in [1.807, 2.05) is 41.8 Å². The fourth-order valence-corrected chi connectivity index (χ4v) is 3.64. The Morgan fingerprint density at radius 2 is 1.88 bits per heavy atom. The fourth-order valence-electron chi connectivity index (χ4n) is 3.50. The van der Waals surface area contributed by atoms with Crippen LogP contribution in [-0.4, -0.2) is 65.6 Å². The lowest BCUT2D eigenvalue weighted by atomic mass is 9.87. The summed E-state index contributed by atoms with van der Waals surface area (Å²) < 4.78 is 5.93. The highest BCUT2D eigenvalue weighted by atomic mass is 35.5. The Hall–Kier alpha value is -0.650. The number of carbonyl (C=O) groups is 1. The quantitative estimate of drug-likeness (QED) is 0.520. The highest BCUT2D eigenvalue weighted by molar-refractivity contribution is 6.65. The van der Waals surface area contributed by atoms with Crippen LogP contribution in [0.3, 0.4) is 0 Å². The first-order valence-corrected chi connectivity index (χ1v) is 9.79. The monoisotopic (exact) mass is 374 g/mol. The van der Waals surface area contributed by atoms with Crippen molar-refractivity contribution in [1.82, 2.24) is 4.90 Å². The van der Waals surface area contributed by atoms with Gasteiger partial charge in [0.1, 0.15) is 23.0 Å². The zero-order chi connectivity index (χ0) is 19.4. The van der Waals surface area contributed by atoms with Crippen LogP contribution >= 0.6 is 11.6 Å². The summed E-state index contributed by atoms with van der Waals surface area (Å²) >= 11 is 6.14. The van der Waals surface area contributed by atoms with Crippen LogP contribution in [0.4, 0.5) is 4.79 Å². The van der Waals surface area contributed by atoms with Gasteiger partial charge >= 0.3 is 6.09 Å². The number of rotatable bonds is 5. The molecule has 3 unspecified atom stereocenters. The summed E-state index contributed by atoms with van der Waals surface area (Å²) in [4.78, 5) is 19.7. The van der Waals surface area contributed by atoms with Gasteiger partial charge in [-0.15, -0.1) is 0 Å². The molecule has 5 nitrogen and oxygen atoms in total. The van der Waals surface area contributed by atoms with E-state index in [9.17, 15) is 4.79 Å². The van der Waals surface area contributed by atoms with Gasteiger partial charge in [-0.1, -0.05) is 24.9 Å². The van der Waals surface area contributed by atoms with Crippen molar-refractivity contribution >= 4 is 22.9 Å². The molecule has 1 saturated carbocycles. The Morgan fingerprint density at radius 1 is 1.32 bits per heavy atom. The first kappa shape index (κ1) is 22.4. The highest BCUT2D eigenvalue weighted by Gasteiger charge is 2.46. The summed E-state index contributed by atoms with van der Waals surface area (Å²) in [6.07, 6.45) is 4.98. The number of quaternary nitrogens is 1. The average molecular weight is 375 g/mol. The average Bonchev–Trinajstić information content (AvgIpc) is 2.52. The molecule has 1 amide bonds. The van der Waals surface area contributed by atoms with Gasteiger partial charge in [-0.05, 0) is 54.0 Å². The van der Waals surface area contributed by atoms with E-state index in [4.69, 9.17) is 16.3 Å². The van der Waals surface area contributed by atoms with Crippen LogP contribution in [0, 0.1) is 0 Å². The predicted molar refractivity (Wildman–Crippen MR) is 105 cm³/mol. The maximum atomic E-state index is 12.8. The molecule has 25 heavy (non-hydrogen) atoms. The summed E-state index contributed by atoms with van der Waals surface area (Å²) in [5.41, 5.74) is -0.477. The fraction of sp³-hybridized carbons (Fsp3) is 0.895. The number of aliphatic imine (C=N–C) groups is 1. The lowest BCUT2D eigenvalue weighted by Gasteiger charge is -2.46. The maximum absolute atomic E-state index is 12.8. The molecule has 0 spiro atoms. The third-order valence-electron chi connectivity index (χ3n) is 5.12. The molecule has 0 radical (unpaired) electrons. The van der Waals surface area contributed by atoms with Crippen molar-refractivity contribution in [3.63, 3.8) is 0 Å². The summed E-state index contributed by atoms with van der Waals surface area (Å²) in [6.45, 7) is 9.82. The Bertz CT molecular complexity index is 486. The van der Waals surface area contributed by atoms with Gasteiger partial charge in [-0.2, -0.15) is 4.79 Å². The highest BCUT2D eigenvalue weighted by Crippen LogP contribution is 2.32. The van der Waals surface area contributed by atoms with Crippen LogP contribution in [0.1, 0.15) is 66.7 Å². The van der Waals surface area contributed by atoms with E-state index in [0.717, 1.165) is 25.7 Å². The number of halogens is 1. The summed E-state index contributed by atoms with van der Waals surface area (Å²) in [7, 11) is 6.03. The van der Waals surface area contributed by atoms with E-state index in [0.29, 0.717) is 5.17 Å². The van der Waals surface area contributed by atoms with Crippen LogP contribution in [0.25, 0.3) is 0 Å². The number of likely N-dealkylation sites (N-methyl/N-ethyl adjacent to an activating group) is 2. The SMILES string of the molecule is CCC(Cl)=NC(C)N(C)C1CCCCC1[N+](C)(C)C(=O)OC(C)(C)C. The van der Waals surface area contributed by atoms with Crippen LogP contribution in [0.5, 0.6) is 0 Å². The third kappa shape index (κ3) is 6.22.